The molecule has 0 spiro atoms. The normalized spacial score (nSPS) is 10.2. The summed E-state index contributed by atoms with van der Waals surface area (Å²) in [6.07, 6.45) is 1.94. The van der Waals surface area contributed by atoms with Crippen LogP contribution < -0.4 is 10.4 Å². The van der Waals surface area contributed by atoms with E-state index in [9.17, 15) is 14.7 Å². The molecule has 1 amide bonds. The van der Waals surface area contributed by atoms with Gasteiger partial charge >= 0.3 is 0 Å². The van der Waals surface area contributed by atoms with E-state index in [1.54, 1.807) is 23.9 Å². The first-order chi connectivity index (χ1) is 10.0. The zero-order valence-electron chi connectivity index (χ0n) is 11.1. The zero-order chi connectivity index (χ0) is 15.4. The summed E-state index contributed by atoms with van der Waals surface area (Å²) in [5.74, 6) is -1.69. The maximum atomic E-state index is 12.1. The fourth-order valence-corrected chi connectivity index (χ4v) is 2.26. The molecule has 0 unspecified atom stereocenters. The van der Waals surface area contributed by atoms with Crippen LogP contribution in [0.5, 0.6) is 0 Å². The molecule has 0 atom stereocenters. The second-order valence-electron chi connectivity index (χ2n) is 4.16. The number of anilines is 1. The van der Waals surface area contributed by atoms with Crippen molar-refractivity contribution in [3.05, 3.63) is 58.6 Å². The molecule has 0 saturated heterocycles. The van der Waals surface area contributed by atoms with Crippen LogP contribution in [0.25, 0.3) is 0 Å². The first-order valence-electron chi connectivity index (χ1n) is 5.97. The highest BCUT2D eigenvalue weighted by molar-refractivity contribution is 7.98. The highest BCUT2D eigenvalue weighted by Gasteiger charge is 2.09. The minimum atomic E-state index is -1.33. The standard InChI is InChI=1S/C15H12ClNO3S/c1-21-11-5-2-9(3-6-11)14(18)17-13-8-10(15(19)20)4-7-12(13)16/h2-8H,1H3,(H,17,18)(H,19,20)/p-1. The predicted molar refractivity (Wildman–Crippen MR) is 82.0 cm³/mol. The fraction of sp³-hybridized carbons (Fsp3) is 0.0667. The molecular weight excluding hydrogens is 310 g/mol. The molecule has 1 N–H and O–H groups in total. The highest BCUT2D eigenvalue weighted by atomic mass is 35.5. The summed E-state index contributed by atoms with van der Waals surface area (Å²) < 4.78 is 0. The number of carbonyl (C=O) groups is 2. The number of hydrogen-bond acceptors (Lipinski definition) is 4. The lowest BCUT2D eigenvalue weighted by atomic mass is 10.1. The molecular formula is C15H11ClNO3S-. The largest absolute Gasteiger partial charge is 0.545 e. The number of carboxylic acid groups (broad SMARTS) is 1. The quantitative estimate of drug-likeness (QED) is 0.879. The van der Waals surface area contributed by atoms with Crippen LogP contribution in [0.4, 0.5) is 5.69 Å². The van der Waals surface area contributed by atoms with E-state index in [-0.39, 0.29) is 22.2 Å². The molecule has 0 saturated carbocycles. The van der Waals surface area contributed by atoms with Crippen molar-refractivity contribution >= 4 is 40.9 Å². The van der Waals surface area contributed by atoms with Gasteiger partial charge in [-0.2, -0.15) is 0 Å². The van der Waals surface area contributed by atoms with E-state index in [0.29, 0.717) is 5.56 Å². The summed E-state index contributed by atoms with van der Waals surface area (Å²) in [6, 6.07) is 11.0. The highest BCUT2D eigenvalue weighted by Crippen LogP contribution is 2.24. The van der Waals surface area contributed by atoms with Gasteiger partial charge in [-0.15, -0.1) is 11.8 Å². The van der Waals surface area contributed by atoms with Gasteiger partial charge in [-0.25, -0.2) is 0 Å². The molecule has 0 fully saturated rings. The van der Waals surface area contributed by atoms with Gasteiger partial charge in [0.2, 0.25) is 0 Å². The van der Waals surface area contributed by atoms with Crippen LogP contribution in [0.15, 0.2) is 47.4 Å². The van der Waals surface area contributed by atoms with Crippen molar-refractivity contribution in [2.24, 2.45) is 0 Å². The first-order valence-corrected chi connectivity index (χ1v) is 7.58. The van der Waals surface area contributed by atoms with Crippen LogP contribution in [0.2, 0.25) is 5.02 Å². The van der Waals surface area contributed by atoms with Crippen LogP contribution in [0.3, 0.4) is 0 Å². The van der Waals surface area contributed by atoms with Gasteiger partial charge in [-0.1, -0.05) is 17.7 Å². The Bertz CT molecular complexity index is 686. The van der Waals surface area contributed by atoms with Crippen molar-refractivity contribution in [1.29, 1.82) is 0 Å². The van der Waals surface area contributed by atoms with Crippen molar-refractivity contribution < 1.29 is 14.7 Å². The molecule has 6 heteroatoms. The average Bonchev–Trinajstić information content (AvgIpc) is 2.49. The van der Waals surface area contributed by atoms with Crippen LogP contribution in [0, 0.1) is 0 Å². The summed E-state index contributed by atoms with van der Waals surface area (Å²) in [4.78, 5) is 24.0. The van der Waals surface area contributed by atoms with E-state index < -0.39 is 5.97 Å². The SMILES string of the molecule is CSc1ccc(C(=O)Nc2cc(C(=O)[O-])ccc2Cl)cc1. The molecule has 21 heavy (non-hydrogen) atoms. The van der Waals surface area contributed by atoms with Crippen LogP contribution in [0.1, 0.15) is 20.7 Å². The summed E-state index contributed by atoms with van der Waals surface area (Å²) in [5, 5.41) is 13.7. The molecule has 2 aromatic carbocycles. The maximum absolute atomic E-state index is 12.1. The minimum absolute atomic E-state index is 0.0487. The Balaban J connectivity index is 2.22. The van der Waals surface area contributed by atoms with Crippen molar-refractivity contribution in [3.63, 3.8) is 0 Å². The lowest BCUT2D eigenvalue weighted by Crippen LogP contribution is -2.22. The number of nitrogens with one attached hydrogen (secondary N) is 1. The Morgan fingerprint density at radius 1 is 1.10 bits per heavy atom. The monoisotopic (exact) mass is 320 g/mol. The Morgan fingerprint density at radius 2 is 1.71 bits per heavy atom. The molecule has 0 heterocycles. The Hall–Kier alpha value is -1.98. The molecule has 108 valence electrons. The molecule has 0 aliphatic heterocycles. The number of aromatic carboxylic acids is 1. The number of carboxylic acids is 1. The number of carbonyl (C=O) groups excluding carboxylic acids is 2. The van der Waals surface area contributed by atoms with Crippen LogP contribution in [-0.4, -0.2) is 18.1 Å². The molecule has 2 rings (SSSR count). The topological polar surface area (TPSA) is 69.2 Å². The second-order valence-corrected chi connectivity index (χ2v) is 5.45. The number of thioether (sulfide) groups is 1. The Labute approximate surface area is 131 Å². The summed E-state index contributed by atoms with van der Waals surface area (Å²) in [6.45, 7) is 0. The third kappa shape index (κ3) is 3.77. The molecule has 0 aliphatic carbocycles. The lowest BCUT2D eigenvalue weighted by Gasteiger charge is -2.10. The van der Waals surface area contributed by atoms with Gasteiger partial charge in [0.15, 0.2) is 0 Å². The summed E-state index contributed by atoms with van der Waals surface area (Å²) in [5.41, 5.74) is 0.646. The zero-order valence-corrected chi connectivity index (χ0v) is 12.6. The van der Waals surface area contributed by atoms with Gasteiger partial charge in [0.05, 0.1) is 16.7 Å². The third-order valence-corrected chi connectivity index (χ3v) is 3.88. The summed E-state index contributed by atoms with van der Waals surface area (Å²) in [7, 11) is 0. The molecule has 0 aromatic heterocycles. The van der Waals surface area contributed by atoms with Crippen molar-refractivity contribution in [3.8, 4) is 0 Å². The van der Waals surface area contributed by atoms with Crippen molar-refractivity contribution in [1.82, 2.24) is 0 Å². The van der Waals surface area contributed by atoms with Crippen molar-refractivity contribution in [2.45, 2.75) is 4.90 Å². The van der Waals surface area contributed by atoms with Gasteiger partial charge in [0, 0.05) is 10.5 Å². The number of hydrogen-bond donors (Lipinski definition) is 1. The Kier molecular flexibility index (Phi) is 4.88. The predicted octanol–water partition coefficient (Wildman–Crippen LogP) is 2.68. The van der Waals surface area contributed by atoms with E-state index >= 15 is 0 Å². The van der Waals surface area contributed by atoms with Crippen molar-refractivity contribution in [2.75, 3.05) is 11.6 Å². The van der Waals surface area contributed by atoms with E-state index in [4.69, 9.17) is 11.6 Å². The molecule has 0 radical (unpaired) electrons. The number of rotatable bonds is 4. The number of amides is 1. The second kappa shape index (κ2) is 6.65. The molecule has 4 nitrogen and oxygen atoms in total. The molecule has 0 bridgehead atoms. The van der Waals surface area contributed by atoms with E-state index in [1.165, 1.54) is 18.2 Å². The number of benzene rings is 2. The molecule has 0 aliphatic rings. The average molecular weight is 321 g/mol. The number of halogens is 1. The maximum Gasteiger partial charge on any atom is 0.255 e. The van der Waals surface area contributed by atoms with Crippen LogP contribution in [-0.2, 0) is 0 Å². The Morgan fingerprint density at radius 3 is 2.29 bits per heavy atom. The lowest BCUT2D eigenvalue weighted by molar-refractivity contribution is -0.255. The fourth-order valence-electron chi connectivity index (χ4n) is 1.68. The third-order valence-electron chi connectivity index (χ3n) is 2.80. The molecule has 2 aromatic rings. The van der Waals surface area contributed by atoms with Gasteiger partial charge in [0.25, 0.3) is 5.91 Å². The van der Waals surface area contributed by atoms with Crippen LogP contribution >= 0.6 is 23.4 Å². The van der Waals surface area contributed by atoms with E-state index in [1.807, 2.05) is 18.4 Å². The minimum Gasteiger partial charge on any atom is -0.545 e. The van der Waals surface area contributed by atoms with E-state index in [2.05, 4.69) is 5.32 Å². The van der Waals surface area contributed by atoms with Gasteiger partial charge in [0.1, 0.15) is 0 Å². The smallest absolute Gasteiger partial charge is 0.255 e. The van der Waals surface area contributed by atoms with Gasteiger partial charge in [-0.05, 0) is 48.2 Å². The summed E-state index contributed by atoms with van der Waals surface area (Å²) >= 11 is 7.52. The van der Waals surface area contributed by atoms with E-state index in [0.717, 1.165) is 4.90 Å². The van der Waals surface area contributed by atoms with Gasteiger partial charge in [-0.3, -0.25) is 4.79 Å². The van der Waals surface area contributed by atoms with Gasteiger partial charge < -0.3 is 15.2 Å². The first kappa shape index (κ1) is 15.4.